The summed E-state index contributed by atoms with van der Waals surface area (Å²) in [5, 5.41) is 13.3. The smallest absolute Gasteiger partial charge is 0.358 e. The van der Waals surface area contributed by atoms with E-state index in [0.717, 1.165) is 36.8 Å². The number of anilines is 1. The van der Waals surface area contributed by atoms with Gasteiger partial charge in [0.05, 0.1) is 5.56 Å². The highest BCUT2D eigenvalue weighted by Crippen LogP contribution is 2.43. The lowest BCUT2D eigenvalue weighted by Crippen LogP contribution is -2.44. The molecule has 1 unspecified atom stereocenters. The molecule has 1 aliphatic carbocycles. The first-order valence-electron chi connectivity index (χ1n) is 11.3. The molecule has 168 valence electrons. The number of aliphatic hydroxyl groups is 1. The van der Waals surface area contributed by atoms with Crippen molar-refractivity contribution in [3.05, 3.63) is 76.7 Å². The second-order valence-corrected chi connectivity index (χ2v) is 8.84. The van der Waals surface area contributed by atoms with Crippen molar-refractivity contribution in [2.24, 2.45) is 0 Å². The number of ether oxygens (including phenoxy) is 1. The molecule has 4 N–H and O–H groups in total. The highest BCUT2D eigenvalue weighted by Gasteiger charge is 2.42. The normalized spacial score (nSPS) is 20.7. The molecule has 1 heterocycles. The van der Waals surface area contributed by atoms with Crippen molar-refractivity contribution in [2.45, 2.75) is 63.4 Å². The van der Waals surface area contributed by atoms with E-state index < -0.39 is 17.5 Å². The summed E-state index contributed by atoms with van der Waals surface area (Å²) in [5.74, 6) is -0.973. The van der Waals surface area contributed by atoms with E-state index >= 15 is 0 Å². The van der Waals surface area contributed by atoms with Gasteiger partial charge in [-0.15, -0.1) is 0 Å². The van der Waals surface area contributed by atoms with Crippen molar-refractivity contribution in [3.8, 4) is 0 Å². The largest absolute Gasteiger partial charge is 0.510 e. The Bertz CT molecular complexity index is 1040. The number of esters is 1. The van der Waals surface area contributed by atoms with Gasteiger partial charge in [0.25, 0.3) is 5.91 Å². The van der Waals surface area contributed by atoms with Gasteiger partial charge in [-0.2, -0.15) is 0 Å². The number of amides is 1. The van der Waals surface area contributed by atoms with Crippen molar-refractivity contribution in [3.63, 3.8) is 0 Å². The van der Waals surface area contributed by atoms with Crippen molar-refractivity contribution in [1.82, 2.24) is 5.32 Å². The van der Waals surface area contributed by atoms with E-state index in [1.807, 2.05) is 43.3 Å². The minimum atomic E-state index is -0.787. The molecular formula is C26H30N2O4. The van der Waals surface area contributed by atoms with E-state index in [4.69, 9.17) is 10.5 Å². The Morgan fingerprint density at radius 3 is 2.56 bits per heavy atom. The maximum Gasteiger partial charge on any atom is 0.358 e. The zero-order valence-corrected chi connectivity index (χ0v) is 18.4. The molecule has 0 aromatic heterocycles. The fourth-order valence-corrected chi connectivity index (χ4v) is 4.51. The molecule has 0 radical (unpaired) electrons. The zero-order valence-electron chi connectivity index (χ0n) is 18.4. The summed E-state index contributed by atoms with van der Waals surface area (Å²) in [7, 11) is 0. The van der Waals surface area contributed by atoms with Gasteiger partial charge in [-0.3, -0.25) is 4.79 Å². The molecule has 32 heavy (non-hydrogen) atoms. The van der Waals surface area contributed by atoms with E-state index in [1.54, 1.807) is 12.1 Å². The first kappa shape index (κ1) is 21.9. The number of nitrogen functional groups attached to an aromatic ring is 1. The highest BCUT2D eigenvalue weighted by atomic mass is 16.6. The van der Waals surface area contributed by atoms with Gasteiger partial charge in [0, 0.05) is 12.1 Å². The van der Waals surface area contributed by atoms with Gasteiger partial charge in [0.15, 0.2) is 5.70 Å². The van der Waals surface area contributed by atoms with Crippen LogP contribution >= 0.6 is 0 Å². The summed E-state index contributed by atoms with van der Waals surface area (Å²) in [6.07, 6.45) is 5.07. The van der Waals surface area contributed by atoms with Gasteiger partial charge in [-0.05, 0) is 55.2 Å². The Balaban J connectivity index is 1.51. The number of aliphatic hydroxyl groups excluding tert-OH is 1. The van der Waals surface area contributed by atoms with E-state index in [9.17, 15) is 14.7 Å². The second kappa shape index (κ2) is 9.07. The highest BCUT2D eigenvalue weighted by molar-refractivity contribution is 6.05. The number of rotatable bonds is 8. The van der Waals surface area contributed by atoms with Gasteiger partial charge < -0.3 is 20.9 Å². The molecule has 2 aromatic carbocycles. The first-order chi connectivity index (χ1) is 15.4. The van der Waals surface area contributed by atoms with Crippen molar-refractivity contribution in [1.29, 1.82) is 0 Å². The molecule has 0 saturated heterocycles. The van der Waals surface area contributed by atoms with Crippen LogP contribution in [-0.4, -0.2) is 22.6 Å². The predicted molar refractivity (Wildman–Crippen MR) is 123 cm³/mol. The summed E-state index contributed by atoms with van der Waals surface area (Å²) in [6.45, 7) is 2.02. The standard InChI is InChI=1S/C26H30N2O4/c1-2-14-26(15-13-17-7-4-3-5-8-17)16-21(29)23(25(31)32-26)28-24(30)20-10-6-9-19(22(20)27)18-11-12-18/h3-10,18,29H,2,11-16,27H2,1H3,(H,28,30). The summed E-state index contributed by atoms with van der Waals surface area (Å²) in [6, 6.07) is 15.3. The minimum Gasteiger partial charge on any atom is -0.510 e. The maximum atomic E-state index is 12.9. The van der Waals surface area contributed by atoms with Crippen LogP contribution in [0.2, 0.25) is 0 Å². The Labute approximate surface area is 188 Å². The quantitative estimate of drug-likeness (QED) is 0.411. The van der Waals surface area contributed by atoms with Crippen LogP contribution in [0.5, 0.6) is 0 Å². The average molecular weight is 435 g/mol. The van der Waals surface area contributed by atoms with Gasteiger partial charge >= 0.3 is 5.97 Å². The van der Waals surface area contributed by atoms with Crippen LogP contribution in [0.15, 0.2) is 60.0 Å². The summed E-state index contributed by atoms with van der Waals surface area (Å²) >= 11 is 0. The Morgan fingerprint density at radius 2 is 1.91 bits per heavy atom. The molecular weight excluding hydrogens is 404 g/mol. The molecule has 0 bridgehead atoms. The van der Waals surface area contributed by atoms with E-state index in [-0.39, 0.29) is 17.9 Å². The topological polar surface area (TPSA) is 102 Å². The Kier molecular flexibility index (Phi) is 6.21. The molecule has 6 heteroatoms. The van der Waals surface area contributed by atoms with Crippen LogP contribution in [0.1, 0.15) is 72.9 Å². The summed E-state index contributed by atoms with van der Waals surface area (Å²) in [5.41, 5.74) is 8.08. The van der Waals surface area contributed by atoms with Crippen LogP contribution in [0, 0.1) is 0 Å². The maximum absolute atomic E-state index is 12.9. The molecule has 1 aliphatic heterocycles. The van der Waals surface area contributed by atoms with Gasteiger partial charge in [-0.1, -0.05) is 55.8 Å². The van der Waals surface area contributed by atoms with Crippen molar-refractivity contribution in [2.75, 3.05) is 5.73 Å². The lowest BCUT2D eigenvalue weighted by molar-refractivity contribution is -0.161. The van der Waals surface area contributed by atoms with E-state index in [2.05, 4.69) is 5.32 Å². The van der Waals surface area contributed by atoms with Crippen LogP contribution < -0.4 is 11.1 Å². The number of hydrogen-bond donors (Lipinski definition) is 3. The molecule has 6 nitrogen and oxygen atoms in total. The second-order valence-electron chi connectivity index (χ2n) is 8.84. The Morgan fingerprint density at radius 1 is 1.16 bits per heavy atom. The summed E-state index contributed by atoms with van der Waals surface area (Å²) in [4.78, 5) is 25.7. The third kappa shape index (κ3) is 4.64. The summed E-state index contributed by atoms with van der Waals surface area (Å²) < 4.78 is 5.86. The number of carbonyl (C=O) groups is 2. The number of nitrogens with one attached hydrogen (secondary N) is 1. The number of para-hydroxylation sites is 1. The van der Waals surface area contributed by atoms with Gasteiger partial charge in [0.2, 0.25) is 0 Å². The molecule has 4 rings (SSSR count). The molecule has 1 saturated carbocycles. The fraction of sp³-hybridized carbons (Fsp3) is 0.385. The van der Waals surface area contributed by atoms with Crippen LogP contribution in [-0.2, 0) is 16.0 Å². The SMILES string of the molecule is CCCC1(CCc2ccccc2)CC(O)=C(NC(=O)c2cccc(C3CC3)c2N)C(=O)O1. The number of nitrogens with two attached hydrogens (primary N) is 1. The number of hydrogen-bond acceptors (Lipinski definition) is 5. The van der Waals surface area contributed by atoms with Crippen LogP contribution in [0.3, 0.4) is 0 Å². The van der Waals surface area contributed by atoms with Crippen LogP contribution in [0.4, 0.5) is 5.69 Å². The first-order valence-corrected chi connectivity index (χ1v) is 11.3. The molecule has 2 aromatic rings. The third-order valence-corrected chi connectivity index (χ3v) is 6.35. The van der Waals surface area contributed by atoms with Crippen molar-refractivity contribution >= 4 is 17.6 Å². The van der Waals surface area contributed by atoms with Gasteiger partial charge in [0.1, 0.15) is 11.4 Å². The third-order valence-electron chi connectivity index (χ3n) is 6.35. The van der Waals surface area contributed by atoms with E-state index in [0.29, 0.717) is 30.0 Å². The Hall–Kier alpha value is -3.28. The zero-order chi connectivity index (χ0) is 22.7. The molecule has 1 fully saturated rings. The molecule has 1 amide bonds. The number of carbonyl (C=O) groups excluding carboxylic acids is 2. The lowest BCUT2D eigenvalue weighted by atomic mass is 9.84. The fourth-order valence-electron chi connectivity index (χ4n) is 4.51. The van der Waals surface area contributed by atoms with E-state index in [1.165, 1.54) is 0 Å². The van der Waals surface area contributed by atoms with Crippen LogP contribution in [0.25, 0.3) is 0 Å². The minimum absolute atomic E-state index is 0.145. The molecule has 0 spiro atoms. The number of benzene rings is 2. The molecule has 1 atom stereocenters. The number of cyclic esters (lactones) is 1. The average Bonchev–Trinajstić information content (AvgIpc) is 3.61. The monoisotopic (exact) mass is 434 g/mol. The number of aryl methyl sites for hydroxylation is 1. The lowest BCUT2D eigenvalue weighted by Gasteiger charge is -2.37. The predicted octanol–water partition coefficient (Wildman–Crippen LogP) is 4.76. The molecule has 2 aliphatic rings. The van der Waals surface area contributed by atoms with Crippen molar-refractivity contribution < 1.29 is 19.4 Å². The van der Waals surface area contributed by atoms with Gasteiger partial charge in [-0.25, -0.2) is 4.79 Å².